The van der Waals surface area contributed by atoms with Gasteiger partial charge < -0.3 is 5.32 Å². The van der Waals surface area contributed by atoms with E-state index in [4.69, 9.17) is 0 Å². The second-order valence-electron chi connectivity index (χ2n) is 6.39. The normalized spacial score (nSPS) is 43.6. The molecule has 0 amide bonds. The van der Waals surface area contributed by atoms with Gasteiger partial charge in [-0.3, -0.25) is 0 Å². The minimum atomic E-state index is 0.796. The Morgan fingerprint density at radius 3 is 2.59 bits per heavy atom. The predicted molar refractivity (Wildman–Crippen MR) is 78.7 cm³/mol. The van der Waals surface area contributed by atoms with Gasteiger partial charge in [0.2, 0.25) is 0 Å². The molecule has 17 heavy (non-hydrogen) atoms. The number of hydrogen-bond donors (Lipinski definition) is 1. The molecule has 2 heteroatoms. The van der Waals surface area contributed by atoms with Crippen LogP contribution in [0.15, 0.2) is 0 Å². The van der Waals surface area contributed by atoms with Crippen molar-refractivity contribution in [3.8, 4) is 0 Å². The van der Waals surface area contributed by atoms with Crippen molar-refractivity contribution in [2.45, 2.75) is 76.1 Å². The first-order chi connectivity index (χ1) is 8.19. The molecule has 2 saturated carbocycles. The topological polar surface area (TPSA) is 12.0 Å². The fourth-order valence-electron chi connectivity index (χ4n) is 3.58. The first-order valence-corrected chi connectivity index (χ1v) is 8.76. The Morgan fingerprint density at radius 1 is 1.00 bits per heavy atom. The van der Waals surface area contributed by atoms with Crippen molar-refractivity contribution in [2.24, 2.45) is 11.8 Å². The number of nitrogens with one attached hydrogen (secondary N) is 1. The lowest BCUT2D eigenvalue weighted by Gasteiger charge is -2.38. The van der Waals surface area contributed by atoms with Gasteiger partial charge in [0, 0.05) is 17.3 Å². The van der Waals surface area contributed by atoms with E-state index in [0.717, 1.165) is 29.2 Å². The van der Waals surface area contributed by atoms with E-state index in [1.807, 2.05) is 0 Å². The average molecular weight is 255 g/mol. The lowest BCUT2D eigenvalue weighted by molar-refractivity contribution is 0.200. The third kappa shape index (κ3) is 3.89. The summed E-state index contributed by atoms with van der Waals surface area (Å²) in [5.74, 6) is 1.82. The molecule has 2 aliphatic carbocycles. The van der Waals surface area contributed by atoms with E-state index in [9.17, 15) is 0 Å². The van der Waals surface area contributed by atoms with Gasteiger partial charge >= 0.3 is 0 Å². The Labute approximate surface area is 112 Å². The fraction of sp³-hybridized carbons (Fsp3) is 1.00. The molecule has 2 fully saturated rings. The zero-order valence-corrected chi connectivity index (χ0v) is 12.6. The summed E-state index contributed by atoms with van der Waals surface area (Å²) in [7, 11) is 0. The second-order valence-corrected chi connectivity index (χ2v) is 7.53. The highest BCUT2D eigenvalue weighted by molar-refractivity contribution is 7.99. The van der Waals surface area contributed by atoms with E-state index in [-0.39, 0.29) is 0 Å². The van der Waals surface area contributed by atoms with Crippen molar-refractivity contribution < 1.29 is 0 Å². The van der Waals surface area contributed by atoms with E-state index in [1.165, 1.54) is 44.9 Å². The molecule has 5 atom stereocenters. The van der Waals surface area contributed by atoms with Crippen LogP contribution in [0.2, 0.25) is 0 Å². The van der Waals surface area contributed by atoms with Crippen LogP contribution in [0, 0.1) is 11.8 Å². The molecule has 0 saturated heterocycles. The van der Waals surface area contributed by atoms with Crippen LogP contribution >= 0.6 is 11.8 Å². The van der Waals surface area contributed by atoms with E-state index in [2.05, 4.69) is 37.2 Å². The summed E-state index contributed by atoms with van der Waals surface area (Å²) in [6.07, 6.45) is 12.2. The summed E-state index contributed by atoms with van der Waals surface area (Å²) in [5, 5.41) is 4.90. The summed E-state index contributed by atoms with van der Waals surface area (Å²) in [5.41, 5.74) is 0. The van der Waals surface area contributed by atoms with Gasteiger partial charge in [0.1, 0.15) is 0 Å². The Balaban J connectivity index is 1.82. The lowest BCUT2D eigenvalue weighted by atomic mass is 9.79. The molecule has 0 spiro atoms. The number of rotatable bonds is 3. The minimum Gasteiger partial charge on any atom is -0.311 e. The van der Waals surface area contributed by atoms with Crippen molar-refractivity contribution in [1.82, 2.24) is 5.32 Å². The van der Waals surface area contributed by atoms with Crippen molar-refractivity contribution >= 4 is 11.8 Å². The quantitative estimate of drug-likeness (QED) is 0.815. The number of hydrogen-bond acceptors (Lipinski definition) is 2. The van der Waals surface area contributed by atoms with Crippen molar-refractivity contribution in [3.63, 3.8) is 0 Å². The molecule has 0 bridgehead atoms. The zero-order chi connectivity index (χ0) is 12.3. The molecule has 0 aromatic carbocycles. The summed E-state index contributed by atoms with van der Waals surface area (Å²) >= 11 is 2.07. The van der Waals surface area contributed by atoms with E-state index in [0.29, 0.717) is 0 Å². The van der Waals surface area contributed by atoms with Gasteiger partial charge in [-0.1, -0.05) is 26.7 Å². The smallest absolute Gasteiger partial charge is 0.00978 e. The molecule has 1 N–H and O–H groups in total. The largest absolute Gasteiger partial charge is 0.311 e. The molecule has 2 rings (SSSR count). The monoisotopic (exact) mass is 255 g/mol. The Kier molecular flexibility index (Phi) is 5.23. The molecule has 0 aromatic rings. The molecule has 0 aromatic heterocycles. The fourth-order valence-corrected chi connectivity index (χ4v) is 4.40. The van der Waals surface area contributed by atoms with Gasteiger partial charge in [-0.2, -0.15) is 11.8 Å². The maximum atomic E-state index is 3.99. The van der Waals surface area contributed by atoms with E-state index >= 15 is 0 Å². The molecular formula is C15H29NS. The molecule has 0 heterocycles. The Morgan fingerprint density at radius 2 is 1.82 bits per heavy atom. The molecule has 100 valence electrons. The van der Waals surface area contributed by atoms with Gasteiger partial charge in [-0.25, -0.2) is 0 Å². The summed E-state index contributed by atoms with van der Waals surface area (Å²) in [4.78, 5) is 0. The molecule has 5 unspecified atom stereocenters. The van der Waals surface area contributed by atoms with Crippen LogP contribution in [0.1, 0.15) is 58.8 Å². The van der Waals surface area contributed by atoms with Gasteiger partial charge in [-0.05, 0) is 50.2 Å². The highest BCUT2D eigenvalue weighted by Crippen LogP contribution is 2.31. The lowest BCUT2D eigenvalue weighted by Crippen LogP contribution is -2.47. The highest BCUT2D eigenvalue weighted by atomic mass is 32.2. The molecule has 2 aliphatic rings. The van der Waals surface area contributed by atoms with Gasteiger partial charge in [0.05, 0.1) is 0 Å². The predicted octanol–water partition coefficient (Wildman–Crippen LogP) is 4.07. The van der Waals surface area contributed by atoms with Gasteiger partial charge in [0.25, 0.3) is 0 Å². The maximum Gasteiger partial charge on any atom is 0.00978 e. The maximum absolute atomic E-state index is 3.99. The Hall–Kier alpha value is 0.310. The van der Waals surface area contributed by atoms with Crippen molar-refractivity contribution in [3.05, 3.63) is 0 Å². The van der Waals surface area contributed by atoms with Crippen LogP contribution in [-0.2, 0) is 0 Å². The SMILES string of the molecule is CSC1CCCC(NC2CC(C)CCC2C)C1. The third-order valence-corrected chi connectivity index (χ3v) is 5.96. The second kappa shape index (κ2) is 6.47. The van der Waals surface area contributed by atoms with Crippen LogP contribution in [0.4, 0.5) is 0 Å². The molecule has 1 nitrogen and oxygen atoms in total. The number of thioether (sulfide) groups is 1. The summed E-state index contributed by atoms with van der Waals surface area (Å²) < 4.78 is 0. The summed E-state index contributed by atoms with van der Waals surface area (Å²) in [6.45, 7) is 4.87. The van der Waals surface area contributed by atoms with Crippen LogP contribution < -0.4 is 5.32 Å². The van der Waals surface area contributed by atoms with Gasteiger partial charge in [0.15, 0.2) is 0 Å². The minimum absolute atomic E-state index is 0.796. The molecule has 0 radical (unpaired) electrons. The van der Waals surface area contributed by atoms with Crippen LogP contribution in [-0.4, -0.2) is 23.6 Å². The summed E-state index contributed by atoms with van der Waals surface area (Å²) in [6, 6.07) is 1.60. The third-order valence-electron chi connectivity index (χ3n) is 4.87. The standard InChI is InChI=1S/C15H29NS/c1-11-7-8-12(2)15(9-11)16-13-5-4-6-14(10-13)17-3/h11-16H,4-10H2,1-3H3. The highest BCUT2D eigenvalue weighted by Gasteiger charge is 2.29. The molecular weight excluding hydrogens is 226 g/mol. The van der Waals surface area contributed by atoms with E-state index in [1.54, 1.807) is 0 Å². The first-order valence-electron chi connectivity index (χ1n) is 7.48. The van der Waals surface area contributed by atoms with Crippen molar-refractivity contribution in [1.29, 1.82) is 0 Å². The van der Waals surface area contributed by atoms with Crippen LogP contribution in [0.3, 0.4) is 0 Å². The van der Waals surface area contributed by atoms with Gasteiger partial charge in [-0.15, -0.1) is 0 Å². The van der Waals surface area contributed by atoms with Crippen molar-refractivity contribution in [2.75, 3.05) is 6.26 Å². The van der Waals surface area contributed by atoms with Crippen LogP contribution in [0.5, 0.6) is 0 Å². The zero-order valence-electron chi connectivity index (χ0n) is 11.7. The van der Waals surface area contributed by atoms with E-state index < -0.39 is 0 Å². The van der Waals surface area contributed by atoms with Crippen LogP contribution in [0.25, 0.3) is 0 Å². The average Bonchev–Trinajstić information content (AvgIpc) is 2.34. The first kappa shape index (κ1) is 13.7. The Bertz CT molecular complexity index is 231. The molecule has 0 aliphatic heterocycles.